The Labute approximate surface area is 155 Å². The van der Waals surface area contributed by atoms with Crippen LogP contribution in [0.2, 0.25) is 5.02 Å². The van der Waals surface area contributed by atoms with Gasteiger partial charge in [-0.15, -0.1) is 0 Å². The second-order valence-electron chi connectivity index (χ2n) is 5.43. The molecule has 2 aromatic carbocycles. The number of primary amides is 1. The molecule has 0 heterocycles. The molecule has 138 valence electrons. The smallest absolute Gasteiger partial charge is 0.312 e. The van der Waals surface area contributed by atoms with Crippen molar-refractivity contribution < 1.29 is 23.5 Å². The molecule has 8 heteroatoms. The number of carbonyl (C=O) groups excluding carboxylic acids is 2. The SMILES string of the molecule is COc1ccc(F)cc1COC(=O)C[C@H](NC(N)=O)c1ccc(Cl)cc1. The van der Waals surface area contributed by atoms with Crippen LogP contribution in [0.3, 0.4) is 0 Å². The van der Waals surface area contributed by atoms with E-state index in [-0.39, 0.29) is 13.0 Å². The number of methoxy groups -OCH3 is 1. The van der Waals surface area contributed by atoms with Gasteiger partial charge in [0.25, 0.3) is 0 Å². The van der Waals surface area contributed by atoms with Crippen LogP contribution in [-0.2, 0) is 16.1 Å². The average molecular weight is 381 g/mol. The standard InChI is InChI=1S/C18H18ClFN2O4/c1-25-16-7-6-14(20)8-12(16)10-26-17(23)9-15(22-18(21)24)11-2-4-13(19)5-3-11/h2-8,15H,9-10H2,1H3,(H3,21,22,24)/t15-/m0/s1. The van der Waals surface area contributed by atoms with Crippen molar-refractivity contribution in [3.63, 3.8) is 0 Å². The Morgan fingerprint density at radius 3 is 2.54 bits per heavy atom. The van der Waals surface area contributed by atoms with E-state index in [0.29, 0.717) is 21.9 Å². The summed E-state index contributed by atoms with van der Waals surface area (Å²) in [6, 6.07) is 9.09. The average Bonchev–Trinajstić information content (AvgIpc) is 2.60. The molecular weight excluding hydrogens is 363 g/mol. The topological polar surface area (TPSA) is 90.7 Å². The number of benzene rings is 2. The third kappa shape index (κ3) is 5.63. The van der Waals surface area contributed by atoms with Crippen molar-refractivity contribution in [1.29, 1.82) is 0 Å². The van der Waals surface area contributed by atoms with Crippen molar-refractivity contribution in [2.24, 2.45) is 5.73 Å². The number of halogens is 2. The predicted molar refractivity (Wildman–Crippen MR) is 94.3 cm³/mol. The van der Waals surface area contributed by atoms with Gasteiger partial charge in [-0.1, -0.05) is 23.7 Å². The highest BCUT2D eigenvalue weighted by Gasteiger charge is 2.19. The summed E-state index contributed by atoms with van der Waals surface area (Å²) in [4.78, 5) is 23.4. The third-order valence-corrected chi connectivity index (χ3v) is 3.84. The number of ether oxygens (including phenoxy) is 2. The fourth-order valence-electron chi connectivity index (χ4n) is 2.36. The maximum atomic E-state index is 13.3. The molecule has 0 aliphatic rings. The molecule has 0 saturated heterocycles. The lowest BCUT2D eigenvalue weighted by Crippen LogP contribution is -2.34. The third-order valence-electron chi connectivity index (χ3n) is 3.59. The lowest BCUT2D eigenvalue weighted by Gasteiger charge is -2.17. The molecule has 0 radical (unpaired) electrons. The minimum absolute atomic E-state index is 0.151. The van der Waals surface area contributed by atoms with Gasteiger partial charge in [0.15, 0.2) is 0 Å². The maximum Gasteiger partial charge on any atom is 0.312 e. The van der Waals surface area contributed by atoms with E-state index in [1.807, 2.05) is 0 Å². The van der Waals surface area contributed by atoms with Gasteiger partial charge >= 0.3 is 12.0 Å². The van der Waals surface area contributed by atoms with E-state index >= 15 is 0 Å². The summed E-state index contributed by atoms with van der Waals surface area (Å²) in [5.74, 6) is -0.653. The molecule has 2 aromatic rings. The molecule has 0 bridgehead atoms. The van der Waals surface area contributed by atoms with E-state index in [9.17, 15) is 14.0 Å². The molecule has 0 saturated carbocycles. The summed E-state index contributed by atoms with van der Waals surface area (Å²) in [5.41, 5.74) is 6.21. The zero-order valence-electron chi connectivity index (χ0n) is 14.0. The van der Waals surface area contributed by atoms with Gasteiger partial charge < -0.3 is 20.5 Å². The summed E-state index contributed by atoms with van der Waals surface area (Å²) in [6.45, 7) is -0.163. The lowest BCUT2D eigenvalue weighted by molar-refractivity contribution is -0.145. The molecule has 2 amide bonds. The van der Waals surface area contributed by atoms with E-state index in [1.165, 1.54) is 25.3 Å². The molecule has 0 aliphatic heterocycles. The van der Waals surface area contributed by atoms with Crippen LogP contribution in [0.1, 0.15) is 23.6 Å². The summed E-state index contributed by atoms with van der Waals surface area (Å²) < 4.78 is 23.6. The molecular formula is C18H18ClFN2O4. The zero-order valence-corrected chi connectivity index (χ0v) is 14.8. The van der Waals surface area contributed by atoms with Gasteiger partial charge in [0.05, 0.1) is 19.6 Å². The number of nitrogens with two attached hydrogens (primary N) is 1. The molecule has 0 aliphatic carbocycles. The Morgan fingerprint density at radius 2 is 1.92 bits per heavy atom. The first-order valence-electron chi connectivity index (χ1n) is 7.68. The quantitative estimate of drug-likeness (QED) is 0.721. The van der Waals surface area contributed by atoms with Crippen molar-refractivity contribution in [2.45, 2.75) is 19.1 Å². The lowest BCUT2D eigenvalue weighted by atomic mass is 10.0. The van der Waals surface area contributed by atoms with Gasteiger partial charge in [0.2, 0.25) is 0 Å². The first-order chi connectivity index (χ1) is 12.4. The second-order valence-corrected chi connectivity index (χ2v) is 5.87. The van der Waals surface area contributed by atoms with Gasteiger partial charge in [-0.05, 0) is 35.9 Å². The van der Waals surface area contributed by atoms with E-state index in [1.54, 1.807) is 24.3 Å². The number of urea groups is 1. The predicted octanol–water partition coefficient (Wildman–Crippen LogP) is 3.33. The molecule has 0 spiro atoms. The van der Waals surface area contributed by atoms with E-state index in [2.05, 4.69) is 5.32 Å². The van der Waals surface area contributed by atoms with Crippen LogP contribution in [0, 0.1) is 5.82 Å². The Balaban J connectivity index is 2.04. The molecule has 3 N–H and O–H groups in total. The Bertz CT molecular complexity index is 783. The van der Waals surface area contributed by atoms with Gasteiger partial charge in [0.1, 0.15) is 18.2 Å². The van der Waals surface area contributed by atoms with Crippen molar-refractivity contribution in [3.8, 4) is 5.75 Å². The van der Waals surface area contributed by atoms with Crippen molar-refractivity contribution in [3.05, 3.63) is 64.4 Å². The first-order valence-corrected chi connectivity index (χ1v) is 8.06. The molecule has 2 rings (SSSR count). The first kappa shape index (κ1) is 19.5. The Kier molecular flexibility index (Phi) is 6.80. The minimum atomic E-state index is -0.774. The maximum absolute atomic E-state index is 13.3. The number of rotatable bonds is 7. The van der Waals surface area contributed by atoms with E-state index in [4.69, 9.17) is 26.8 Å². The highest BCUT2D eigenvalue weighted by atomic mass is 35.5. The van der Waals surface area contributed by atoms with Gasteiger partial charge in [-0.3, -0.25) is 4.79 Å². The fraction of sp³-hybridized carbons (Fsp3) is 0.222. The number of nitrogens with one attached hydrogen (secondary N) is 1. The van der Waals surface area contributed by atoms with Crippen molar-refractivity contribution >= 4 is 23.6 Å². The number of hydrogen-bond donors (Lipinski definition) is 2. The minimum Gasteiger partial charge on any atom is -0.496 e. The van der Waals surface area contributed by atoms with Crippen molar-refractivity contribution in [1.82, 2.24) is 5.32 Å². The van der Waals surface area contributed by atoms with Crippen LogP contribution in [0.4, 0.5) is 9.18 Å². The normalized spacial score (nSPS) is 11.5. The molecule has 0 fully saturated rings. The van der Waals surface area contributed by atoms with Gasteiger partial charge in [0, 0.05) is 10.6 Å². The number of hydrogen-bond acceptors (Lipinski definition) is 4. The molecule has 6 nitrogen and oxygen atoms in total. The van der Waals surface area contributed by atoms with E-state index in [0.717, 1.165) is 0 Å². The fourth-order valence-corrected chi connectivity index (χ4v) is 2.49. The summed E-state index contributed by atoms with van der Waals surface area (Å²) >= 11 is 5.84. The Hall–Kier alpha value is -2.80. The second kappa shape index (κ2) is 9.05. The number of esters is 1. The number of amides is 2. The Morgan fingerprint density at radius 1 is 1.23 bits per heavy atom. The summed E-state index contributed by atoms with van der Waals surface area (Å²) in [6.07, 6.45) is -0.151. The molecule has 0 aromatic heterocycles. The largest absolute Gasteiger partial charge is 0.496 e. The monoisotopic (exact) mass is 380 g/mol. The zero-order chi connectivity index (χ0) is 19.1. The molecule has 26 heavy (non-hydrogen) atoms. The molecule has 0 unspecified atom stereocenters. The number of carbonyl (C=O) groups is 2. The van der Waals surface area contributed by atoms with Crippen molar-refractivity contribution in [2.75, 3.05) is 7.11 Å². The van der Waals surface area contributed by atoms with Gasteiger partial charge in [-0.2, -0.15) is 0 Å². The molecule has 1 atom stereocenters. The summed E-state index contributed by atoms with van der Waals surface area (Å²) in [5, 5.41) is 3.01. The van der Waals surface area contributed by atoms with Crippen LogP contribution in [0.25, 0.3) is 0 Å². The van der Waals surface area contributed by atoms with Crippen LogP contribution in [0.5, 0.6) is 5.75 Å². The van der Waals surface area contributed by atoms with E-state index < -0.39 is 23.9 Å². The highest BCUT2D eigenvalue weighted by Crippen LogP contribution is 2.22. The van der Waals surface area contributed by atoms with Gasteiger partial charge in [-0.25, -0.2) is 9.18 Å². The summed E-state index contributed by atoms with van der Waals surface area (Å²) in [7, 11) is 1.44. The van der Waals surface area contributed by atoms with Crippen LogP contribution in [0.15, 0.2) is 42.5 Å². The van der Waals surface area contributed by atoms with Crippen LogP contribution < -0.4 is 15.8 Å². The van der Waals surface area contributed by atoms with Crippen LogP contribution >= 0.6 is 11.6 Å². The van der Waals surface area contributed by atoms with Crippen LogP contribution in [-0.4, -0.2) is 19.1 Å². The highest BCUT2D eigenvalue weighted by molar-refractivity contribution is 6.30.